The van der Waals surface area contributed by atoms with Gasteiger partial charge in [0, 0.05) is 35.2 Å². The van der Waals surface area contributed by atoms with Crippen LogP contribution in [0.5, 0.6) is 0 Å². The molecule has 0 fully saturated rings. The number of rotatable bonds is 4. The van der Waals surface area contributed by atoms with Gasteiger partial charge in [-0.25, -0.2) is 9.50 Å². The van der Waals surface area contributed by atoms with Gasteiger partial charge in [-0.2, -0.15) is 18.2 Å². The zero-order valence-corrected chi connectivity index (χ0v) is 15.8. The Kier molecular flexibility index (Phi) is 5.23. The van der Waals surface area contributed by atoms with Gasteiger partial charge in [-0.15, -0.1) is 5.10 Å². The third kappa shape index (κ3) is 4.18. The summed E-state index contributed by atoms with van der Waals surface area (Å²) in [6.07, 6.45) is -4.80. The number of carbonyl (C=O) groups excluding carboxylic acids is 2. The first-order valence-corrected chi connectivity index (χ1v) is 8.52. The highest BCUT2D eigenvalue weighted by molar-refractivity contribution is 5.96. The van der Waals surface area contributed by atoms with Crippen molar-refractivity contribution in [3.8, 4) is 0 Å². The molecule has 0 spiro atoms. The van der Waals surface area contributed by atoms with Crippen molar-refractivity contribution in [2.24, 2.45) is 0 Å². The van der Waals surface area contributed by atoms with Gasteiger partial charge < -0.3 is 10.6 Å². The number of halogens is 3. The highest BCUT2D eigenvalue weighted by Gasteiger charge is 2.37. The lowest BCUT2D eigenvalue weighted by molar-refractivity contribution is -0.144. The van der Waals surface area contributed by atoms with Crippen LogP contribution in [0.25, 0.3) is 5.78 Å². The van der Waals surface area contributed by atoms with E-state index in [-0.39, 0.29) is 24.0 Å². The second-order valence-corrected chi connectivity index (χ2v) is 6.29. The Morgan fingerprint density at radius 3 is 2.34 bits per heavy atom. The number of carbonyl (C=O) groups is 2. The van der Waals surface area contributed by atoms with E-state index in [2.05, 4.69) is 25.7 Å². The molecule has 0 bridgehead atoms. The molecule has 3 rings (SSSR count). The molecule has 0 saturated carbocycles. The van der Waals surface area contributed by atoms with Gasteiger partial charge in [0.15, 0.2) is 0 Å². The fraction of sp³-hybridized carbons (Fsp3) is 0.278. The fourth-order valence-corrected chi connectivity index (χ4v) is 2.80. The van der Waals surface area contributed by atoms with Crippen molar-refractivity contribution in [3.05, 3.63) is 52.6 Å². The van der Waals surface area contributed by atoms with E-state index in [4.69, 9.17) is 0 Å². The quantitative estimate of drug-likeness (QED) is 0.692. The van der Waals surface area contributed by atoms with Gasteiger partial charge in [0.1, 0.15) is 0 Å². The summed E-state index contributed by atoms with van der Waals surface area (Å²) in [5, 5.41) is 8.64. The first-order chi connectivity index (χ1) is 13.6. The first kappa shape index (κ1) is 20.2. The van der Waals surface area contributed by atoms with Crippen LogP contribution in [0.1, 0.15) is 33.1 Å². The molecule has 11 heteroatoms. The maximum absolute atomic E-state index is 12.9. The van der Waals surface area contributed by atoms with Gasteiger partial charge in [-0.1, -0.05) is 0 Å². The van der Waals surface area contributed by atoms with Crippen LogP contribution in [0.4, 0.5) is 18.9 Å². The van der Waals surface area contributed by atoms with Gasteiger partial charge in [0.05, 0.1) is 6.42 Å². The third-order valence-corrected chi connectivity index (χ3v) is 4.30. The van der Waals surface area contributed by atoms with E-state index in [1.54, 1.807) is 38.1 Å². The van der Waals surface area contributed by atoms with Gasteiger partial charge >= 0.3 is 6.18 Å². The molecule has 8 nitrogen and oxygen atoms in total. The van der Waals surface area contributed by atoms with Crippen molar-refractivity contribution in [2.75, 3.05) is 12.4 Å². The molecule has 2 aromatic heterocycles. The number of hydrogen-bond donors (Lipinski definition) is 2. The minimum absolute atomic E-state index is 0.112. The first-order valence-electron chi connectivity index (χ1n) is 8.52. The molecule has 2 heterocycles. The summed E-state index contributed by atoms with van der Waals surface area (Å²) in [4.78, 5) is 31.4. The number of nitrogens with zero attached hydrogens (tertiary/aromatic N) is 4. The number of anilines is 1. The van der Waals surface area contributed by atoms with E-state index in [0.29, 0.717) is 28.2 Å². The molecule has 29 heavy (non-hydrogen) atoms. The number of aryl methyl sites for hydroxylation is 2. The minimum Gasteiger partial charge on any atom is -0.355 e. The largest absolute Gasteiger partial charge is 0.453 e. The lowest BCUT2D eigenvalue weighted by Gasteiger charge is -2.11. The minimum atomic E-state index is -4.69. The zero-order valence-electron chi connectivity index (χ0n) is 15.8. The average Bonchev–Trinajstić information content (AvgIpc) is 3.09. The number of amides is 2. The molecular formula is C18H17F3N6O2. The summed E-state index contributed by atoms with van der Waals surface area (Å²) >= 11 is 0. The molecule has 0 radical (unpaired) electrons. The van der Waals surface area contributed by atoms with Gasteiger partial charge in [0.25, 0.3) is 17.5 Å². The number of fused-ring (bicyclic) bond motifs is 1. The van der Waals surface area contributed by atoms with E-state index < -0.39 is 12.0 Å². The lowest BCUT2D eigenvalue weighted by Crippen LogP contribution is -2.19. The van der Waals surface area contributed by atoms with Crippen molar-refractivity contribution in [3.63, 3.8) is 0 Å². The Morgan fingerprint density at radius 2 is 1.76 bits per heavy atom. The van der Waals surface area contributed by atoms with Crippen LogP contribution in [-0.2, 0) is 17.4 Å². The van der Waals surface area contributed by atoms with E-state index in [1.165, 1.54) is 7.05 Å². The molecule has 2 N–H and O–H groups in total. The molecule has 0 unspecified atom stereocenters. The number of aromatic nitrogens is 4. The summed E-state index contributed by atoms with van der Waals surface area (Å²) in [6, 6.07) is 6.28. The maximum Gasteiger partial charge on any atom is 0.453 e. The molecule has 152 valence electrons. The monoisotopic (exact) mass is 406 g/mol. The predicted molar refractivity (Wildman–Crippen MR) is 97.4 cm³/mol. The average molecular weight is 406 g/mol. The number of hydrogen-bond acceptors (Lipinski definition) is 5. The van der Waals surface area contributed by atoms with Crippen molar-refractivity contribution in [1.29, 1.82) is 0 Å². The topological polar surface area (TPSA) is 101 Å². The predicted octanol–water partition coefficient (Wildman–Crippen LogP) is 2.30. The number of alkyl halides is 3. The molecule has 0 aliphatic carbocycles. The summed E-state index contributed by atoms with van der Waals surface area (Å²) in [7, 11) is 1.51. The summed E-state index contributed by atoms with van der Waals surface area (Å²) < 4.78 is 39.6. The molecular weight excluding hydrogens is 389 g/mol. The Labute approximate surface area is 163 Å². The van der Waals surface area contributed by atoms with E-state index in [9.17, 15) is 22.8 Å². The summed E-state index contributed by atoms with van der Waals surface area (Å²) in [6.45, 7) is 3.15. The Bertz CT molecular complexity index is 1090. The van der Waals surface area contributed by atoms with Crippen molar-refractivity contribution in [2.45, 2.75) is 26.4 Å². The maximum atomic E-state index is 12.9. The van der Waals surface area contributed by atoms with Crippen LogP contribution in [-0.4, -0.2) is 38.4 Å². The molecule has 1 aromatic carbocycles. The van der Waals surface area contributed by atoms with Crippen LogP contribution < -0.4 is 10.6 Å². The SMILES string of the molecule is CNC(=O)c1ccc(NC(=O)Cc2c(C)nc3nc(C(F)(F)F)nn3c2C)cc1. The van der Waals surface area contributed by atoms with Crippen molar-refractivity contribution < 1.29 is 22.8 Å². The third-order valence-electron chi connectivity index (χ3n) is 4.30. The van der Waals surface area contributed by atoms with Gasteiger partial charge in [-0.05, 0) is 38.1 Å². The van der Waals surface area contributed by atoms with E-state index in [1.807, 2.05) is 0 Å². The van der Waals surface area contributed by atoms with Crippen LogP contribution in [0.2, 0.25) is 0 Å². The molecule has 0 aliphatic rings. The second-order valence-electron chi connectivity index (χ2n) is 6.29. The second kappa shape index (κ2) is 7.49. The molecule has 0 aliphatic heterocycles. The van der Waals surface area contributed by atoms with Gasteiger partial charge in [-0.3, -0.25) is 9.59 Å². The van der Waals surface area contributed by atoms with Crippen LogP contribution >= 0.6 is 0 Å². The van der Waals surface area contributed by atoms with Crippen LogP contribution in [0.15, 0.2) is 24.3 Å². The Morgan fingerprint density at radius 1 is 1.10 bits per heavy atom. The normalized spacial score (nSPS) is 11.5. The molecule has 2 amide bonds. The molecule has 0 saturated heterocycles. The molecule has 0 atom stereocenters. The van der Waals surface area contributed by atoms with Gasteiger partial charge in [0.2, 0.25) is 5.91 Å². The van der Waals surface area contributed by atoms with Crippen molar-refractivity contribution in [1.82, 2.24) is 24.9 Å². The highest BCUT2D eigenvalue weighted by atomic mass is 19.4. The summed E-state index contributed by atoms with van der Waals surface area (Å²) in [5.74, 6) is -2.10. The smallest absolute Gasteiger partial charge is 0.355 e. The fourth-order valence-electron chi connectivity index (χ4n) is 2.80. The van der Waals surface area contributed by atoms with Crippen molar-refractivity contribution >= 4 is 23.3 Å². The van der Waals surface area contributed by atoms with E-state index in [0.717, 1.165) is 4.52 Å². The lowest BCUT2D eigenvalue weighted by atomic mass is 10.1. The van der Waals surface area contributed by atoms with Crippen LogP contribution in [0.3, 0.4) is 0 Å². The molecule has 3 aromatic rings. The van der Waals surface area contributed by atoms with E-state index >= 15 is 0 Å². The zero-order chi connectivity index (χ0) is 21.3. The number of nitrogens with one attached hydrogen (secondary N) is 2. The standard InChI is InChI=1S/C18H17F3N6O2/c1-9-13(10(2)27-17(23-9)25-16(26-27)18(19,20)21)8-14(28)24-12-6-4-11(5-7-12)15(29)22-3/h4-7H,8H2,1-3H3,(H,22,29)(H,24,28). The summed E-state index contributed by atoms with van der Waals surface area (Å²) in [5.41, 5.74) is 2.11. The Hall–Kier alpha value is -3.50. The highest BCUT2D eigenvalue weighted by Crippen LogP contribution is 2.27. The number of benzene rings is 1. The Balaban J connectivity index is 1.82. The van der Waals surface area contributed by atoms with Crippen LogP contribution in [0, 0.1) is 13.8 Å².